The molecule has 0 saturated heterocycles. The van der Waals surface area contributed by atoms with Gasteiger partial charge in [-0.2, -0.15) is 0 Å². The predicted octanol–water partition coefficient (Wildman–Crippen LogP) is 0.495. The summed E-state index contributed by atoms with van der Waals surface area (Å²) in [4.78, 5) is 11.8. The summed E-state index contributed by atoms with van der Waals surface area (Å²) in [7, 11) is -1.07. The molecule has 1 N–H and O–H groups in total. The quantitative estimate of drug-likeness (QED) is 0.633. The minimum absolute atomic E-state index is 0.134. The van der Waals surface area contributed by atoms with Crippen LogP contribution in [-0.4, -0.2) is 16.0 Å². The lowest BCUT2D eigenvalue weighted by Crippen LogP contribution is -2.33. The van der Waals surface area contributed by atoms with Crippen molar-refractivity contribution in [1.29, 1.82) is 0 Å². The Hall–Kier alpha value is -1.16. The minimum Gasteiger partial charge on any atom is -0.340 e. The molecular weight excluding hydrogens is 174 g/mol. The van der Waals surface area contributed by atoms with E-state index in [0.29, 0.717) is 10.5 Å². The van der Waals surface area contributed by atoms with Crippen molar-refractivity contribution in [2.24, 2.45) is 0 Å². The van der Waals surface area contributed by atoms with Crippen LogP contribution in [0, 0.1) is 0 Å². The van der Waals surface area contributed by atoms with Gasteiger partial charge in [0, 0.05) is 0 Å². The largest absolute Gasteiger partial charge is 0.340 e. The van der Waals surface area contributed by atoms with Gasteiger partial charge in [-0.15, -0.1) is 0 Å². The van der Waals surface area contributed by atoms with E-state index < -0.39 is 10.8 Å². The Morgan fingerprint density at radius 3 is 2.83 bits per heavy atom. The molecule has 2 rings (SSSR count). The van der Waals surface area contributed by atoms with Gasteiger partial charge in [0.2, 0.25) is 0 Å². The van der Waals surface area contributed by atoms with Gasteiger partial charge < -0.3 is 5.32 Å². The monoisotopic (exact) mass is 181 g/mol. The molecule has 0 fully saturated rings. The number of fused-ring (bicyclic) bond motifs is 1. The fraction of sp³-hybridized carbons (Fsp3) is 0.125. The van der Waals surface area contributed by atoms with Crippen molar-refractivity contribution in [2.45, 2.75) is 4.90 Å². The Morgan fingerprint density at radius 2 is 2.08 bits per heavy atom. The van der Waals surface area contributed by atoms with E-state index in [2.05, 4.69) is 5.32 Å². The van der Waals surface area contributed by atoms with Crippen LogP contribution in [0.15, 0.2) is 29.2 Å². The fourth-order valence-electron chi connectivity index (χ4n) is 1.16. The van der Waals surface area contributed by atoms with E-state index in [1.807, 2.05) is 0 Å². The molecule has 0 saturated carbocycles. The van der Waals surface area contributed by atoms with Crippen LogP contribution in [0.3, 0.4) is 0 Å². The standard InChI is InChI=1S/C8H7NO2S/c10-8-6-3-1-2-4-7(6)12(11)5-9-8/h1-4H,5H2,(H,9,10). The first kappa shape index (κ1) is 7.49. The molecular formula is C8H7NO2S. The summed E-state index contributed by atoms with van der Waals surface area (Å²) >= 11 is 0. The number of carbonyl (C=O) groups excluding carboxylic acids is 1. The number of hydrogen-bond acceptors (Lipinski definition) is 2. The topological polar surface area (TPSA) is 46.2 Å². The van der Waals surface area contributed by atoms with Gasteiger partial charge in [0.15, 0.2) is 0 Å². The summed E-state index contributed by atoms with van der Waals surface area (Å²) < 4.78 is 11.3. The minimum atomic E-state index is -1.07. The van der Waals surface area contributed by atoms with Gasteiger partial charge in [0.25, 0.3) is 5.91 Å². The lowest BCUT2D eigenvalue weighted by atomic mass is 10.2. The maximum Gasteiger partial charge on any atom is 0.253 e. The van der Waals surface area contributed by atoms with Crippen LogP contribution >= 0.6 is 0 Å². The van der Waals surface area contributed by atoms with E-state index in [-0.39, 0.29) is 11.8 Å². The van der Waals surface area contributed by atoms with Crippen LogP contribution in [-0.2, 0) is 10.8 Å². The SMILES string of the molecule is O=C1NCS(=O)c2ccccc21. The van der Waals surface area contributed by atoms with E-state index in [1.54, 1.807) is 24.3 Å². The number of carbonyl (C=O) groups is 1. The lowest BCUT2D eigenvalue weighted by Gasteiger charge is -2.14. The van der Waals surface area contributed by atoms with Gasteiger partial charge in [-0.1, -0.05) is 12.1 Å². The summed E-state index contributed by atoms with van der Waals surface area (Å²) in [6.07, 6.45) is 0. The molecule has 12 heavy (non-hydrogen) atoms. The van der Waals surface area contributed by atoms with Gasteiger partial charge in [-0.3, -0.25) is 9.00 Å². The van der Waals surface area contributed by atoms with Crippen LogP contribution in [0.5, 0.6) is 0 Å². The zero-order chi connectivity index (χ0) is 8.55. The zero-order valence-corrected chi connectivity index (χ0v) is 7.06. The number of amides is 1. The van der Waals surface area contributed by atoms with Gasteiger partial charge in [-0.05, 0) is 12.1 Å². The van der Waals surface area contributed by atoms with Crippen molar-refractivity contribution in [3.05, 3.63) is 29.8 Å². The molecule has 1 aromatic carbocycles. The Balaban J connectivity index is 2.62. The molecule has 1 amide bonds. The third-order valence-electron chi connectivity index (χ3n) is 1.74. The summed E-state index contributed by atoms with van der Waals surface area (Å²) in [6.45, 7) is 0. The van der Waals surface area contributed by atoms with Crippen LogP contribution in [0.25, 0.3) is 0 Å². The normalized spacial score (nSPS) is 21.3. The molecule has 1 heterocycles. The first-order valence-electron chi connectivity index (χ1n) is 3.54. The van der Waals surface area contributed by atoms with Gasteiger partial charge >= 0.3 is 0 Å². The Kier molecular flexibility index (Phi) is 1.69. The molecule has 0 radical (unpaired) electrons. The molecule has 1 atom stereocenters. The second-order valence-electron chi connectivity index (χ2n) is 2.49. The lowest BCUT2D eigenvalue weighted by molar-refractivity contribution is 0.0954. The molecule has 0 bridgehead atoms. The van der Waals surface area contributed by atoms with Crippen LogP contribution in [0.1, 0.15) is 10.4 Å². The first-order valence-corrected chi connectivity index (χ1v) is 4.86. The fourth-order valence-corrected chi connectivity index (χ4v) is 2.21. The highest BCUT2D eigenvalue weighted by Gasteiger charge is 2.20. The summed E-state index contributed by atoms with van der Waals surface area (Å²) in [5.74, 6) is 0.0979. The maximum absolute atomic E-state index is 11.3. The van der Waals surface area contributed by atoms with Crippen LogP contribution in [0.4, 0.5) is 0 Å². The van der Waals surface area contributed by atoms with Gasteiger partial charge in [0.1, 0.15) is 0 Å². The van der Waals surface area contributed by atoms with Crippen molar-refractivity contribution < 1.29 is 9.00 Å². The predicted molar refractivity (Wildman–Crippen MR) is 45.2 cm³/mol. The second-order valence-corrected chi connectivity index (χ2v) is 3.91. The molecule has 62 valence electrons. The highest BCUT2D eigenvalue weighted by molar-refractivity contribution is 7.85. The Labute approximate surface area is 72.2 Å². The highest BCUT2D eigenvalue weighted by atomic mass is 32.2. The van der Waals surface area contributed by atoms with E-state index in [1.165, 1.54) is 0 Å². The van der Waals surface area contributed by atoms with Crippen molar-refractivity contribution in [3.63, 3.8) is 0 Å². The van der Waals surface area contributed by atoms with E-state index >= 15 is 0 Å². The van der Waals surface area contributed by atoms with Crippen molar-refractivity contribution in [3.8, 4) is 0 Å². The number of hydrogen-bond donors (Lipinski definition) is 1. The molecule has 1 aliphatic rings. The Bertz CT molecular complexity index is 327. The van der Waals surface area contributed by atoms with Gasteiger partial charge in [0.05, 0.1) is 27.1 Å². The number of nitrogens with one attached hydrogen (secondary N) is 1. The average Bonchev–Trinajstić information content (AvgIpc) is 2.12. The molecule has 0 aromatic heterocycles. The highest BCUT2D eigenvalue weighted by Crippen LogP contribution is 2.16. The molecule has 1 unspecified atom stereocenters. The number of benzene rings is 1. The first-order chi connectivity index (χ1) is 5.79. The van der Waals surface area contributed by atoms with Gasteiger partial charge in [-0.25, -0.2) is 0 Å². The second kappa shape index (κ2) is 2.71. The third kappa shape index (κ3) is 1.04. The average molecular weight is 181 g/mol. The molecule has 4 heteroatoms. The number of rotatable bonds is 0. The maximum atomic E-state index is 11.3. The Morgan fingerprint density at radius 1 is 1.33 bits per heavy atom. The summed E-state index contributed by atoms with van der Waals surface area (Å²) in [6, 6.07) is 6.96. The van der Waals surface area contributed by atoms with E-state index in [0.717, 1.165) is 0 Å². The summed E-state index contributed by atoms with van der Waals surface area (Å²) in [5.41, 5.74) is 0.530. The zero-order valence-electron chi connectivity index (χ0n) is 6.24. The van der Waals surface area contributed by atoms with Crippen molar-refractivity contribution in [1.82, 2.24) is 5.32 Å². The smallest absolute Gasteiger partial charge is 0.253 e. The summed E-state index contributed by atoms with van der Waals surface area (Å²) in [5, 5.41) is 2.55. The molecule has 0 spiro atoms. The molecule has 1 aromatic rings. The third-order valence-corrected chi connectivity index (χ3v) is 2.99. The van der Waals surface area contributed by atoms with Crippen molar-refractivity contribution in [2.75, 3.05) is 5.88 Å². The van der Waals surface area contributed by atoms with E-state index in [4.69, 9.17) is 0 Å². The molecule has 1 aliphatic heterocycles. The van der Waals surface area contributed by atoms with Crippen LogP contribution in [0.2, 0.25) is 0 Å². The van der Waals surface area contributed by atoms with Crippen molar-refractivity contribution >= 4 is 16.7 Å². The molecule has 0 aliphatic carbocycles. The van der Waals surface area contributed by atoms with E-state index in [9.17, 15) is 9.00 Å². The molecule has 3 nitrogen and oxygen atoms in total. The van der Waals surface area contributed by atoms with Crippen LogP contribution < -0.4 is 5.32 Å².